The molecule has 1 fully saturated rings. The maximum Gasteiger partial charge on any atom is 0.220 e. The molecule has 23 heavy (non-hydrogen) atoms. The van der Waals surface area contributed by atoms with Gasteiger partial charge in [-0.2, -0.15) is 11.8 Å². The lowest BCUT2D eigenvalue weighted by atomic mass is 9.93. The van der Waals surface area contributed by atoms with Crippen LogP contribution in [0.2, 0.25) is 5.02 Å². The zero-order valence-electron chi connectivity index (χ0n) is 13.9. The Labute approximate surface area is 149 Å². The normalized spacial score (nSPS) is 16.4. The first-order valence-electron chi connectivity index (χ1n) is 8.41. The lowest BCUT2D eigenvalue weighted by Gasteiger charge is -2.28. The van der Waals surface area contributed by atoms with E-state index in [-0.39, 0.29) is 5.91 Å². The summed E-state index contributed by atoms with van der Waals surface area (Å²) < 4.78 is 0. The van der Waals surface area contributed by atoms with Gasteiger partial charge in [0.2, 0.25) is 5.91 Å². The molecule has 1 aromatic carbocycles. The molecule has 3 nitrogen and oxygen atoms in total. The highest BCUT2D eigenvalue weighted by molar-refractivity contribution is 7.98. The largest absolute Gasteiger partial charge is 0.356 e. The van der Waals surface area contributed by atoms with Gasteiger partial charge in [0, 0.05) is 23.7 Å². The highest BCUT2D eigenvalue weighted by Crippen LogP contribution is 2.21. The Bertz CT molecular complexity index is 490. The Morgan fingerprint density at radius 2 is 2.09 bits per heavy atom. The van der Waals surface area contributed by atoms with Crippen molar-refractivity contribution in [3.63, 3.8) is 0 Å². The summed E-state index contributed by atoms with van der Waals surface area (Å²) in [6.45, 7) is 3.02. The molecular formula is C18H27ClN2OS. The number of amides is 1. The van der Waals surface area contributed by atoms with Crippen LogP contribution in [0.15, 0.2) is 24.3 Å². The Morgan fingerprint density at radius 3 is 2.83 bits per heavy atom. The minimum atomic E-state index is 0.218. The zero-order valence-corrected chi connectivity index (χ0v) is 15.5. The van der Waals surface area contributed by atoms with Gasteiger partial charge in [0.15, 0.2) is 0 Å². The smallest absolute Gasteiger partial charge is 0.220 e. The molecule has 1 N–H and O–H groups in total. The molecule has 0 radical (unpaired) electrons. The molecule has 0 aliphatic carbocycles. The predicted molar refractivity (Wildman–Crippen MR) is 100 cm³/mol. The van der Waals surface area contributed by atoms with Crippen molar-refractivity contribution < 1.29 is 4.79 Å². The fourth-order valence-corrected chi connectivity index (χ4v) is 4.05. The number of carbonyl (C=O) groups excluding carboxylic acids is 1. The first kappa shape index (κ1) is 18.6. The number of hydrogen-bond acceptors (Lipinski definition) is 3. The fourth-order valence-electron chi connectivity index (χ4n) is 2.80. The molecule has 2 rings (SSSR count). The molecule has 1 aliphatic heterocycles. The van der Waals surface area contributed by atoms with Gasteiger partial charge in [-0.05, 0) is 62.7 Å². The number of benzene rings is 1. The van der Waals surface area contributed by atoms with Crippen LogP contribution in [-0.2, 0) is 10.5 Å². The van der Waals surface area contributed by atoms with Crippen LogP contribution in [0.5, 0.6) is 0 Å². The Kier molecular flexibility index (Phi) is 8.27. The highest BCUT2D eigenvalue weighted by atomic mass is 35.5. The summed E-state index contributed by atoms with van der Waals surface area (Å²) in [5, 5.41) is 3.90. The Morgan fingerprint density at radius 1 is 1.35 bits per heavy atom. The number of likely N-dealkylation sites (tertiary alicyclic amines) is 1. The van der Waals surface area contributed by atoms with Crippen LogP contribution in [0.1, 0.15) is 31.2 Å². The topological polar surface area (TPSA) is 32.3 Å². The van der Waals surface area contributed by atoms with E-state index in [1.54, 1.807) is 0 Å². The number of rotatable bonds is 8. The SMILES string of the molecule is CN1CCC(CC(=O)NCCCSCc2ccccc2Cl)CC1. The van der Waals surface area contributed by atoms with Gasteiger partial charge in [-0.1, -0.05) is 29.8 Å². The van der Waals surface area contributed by atoms with E-state index in [1.807, 2.05) is 30.0 Å². The maximum absolute atomic E-state index is 11.9. The number of thioether (sulfide) groups is 1. The van der Waals surface area contributed by atoms with Crippen LogP contribution in [0.3, 0.4) is 0 Å². The van der Waals surface area contributed by atoms with Crippen molar-refractivity contribution in [2.24, 2.45) is 5.92 Å². The number of piperidine rings is 1. The van der Waals surface area contributed by atoms with Crippen LogP contribution >= 0.6 is 23.4 Å². The molecule has 1 heterocycles. The van der Waals surface area contributed by atoms with E-state index < -0.39 is 0 Å². The standard InChI is InChI=1S/C18H27ClN2OS/c1-21-10-7-15(8-11-21)13-18(22)20-9-4-12-23-14-16-5-2-3-6-17(16)19/h2-3,5-6,15H,4,7-14H2,1H3,(H,20,22). The maximum atomic E-state index is 11.9. The van der Waals surface area contributed by atoms with Crippen molar-refractivity contribution in [3.05, 3.63) is 34.9 Å². The second kappa shape index (κ2) is 10.2. The Balaban J connectivity index is 1.50. The van der Waals surface area contributed by atoms with E-state index >= 15 is 0 Å². The van der Waals surface area contributed by atoms with E-state index in [0.717, 1.165) is 55.4 Å². The van der Waals surface area contributed by atoms with Crippen molar-refractivity contribution in [2.45, 2.75) is 31.4 Å². The lowest BCUT2D eigenvalue weighted by molar-refractivity contribution is -0.122. The van der Waals surface area contributed by atoms with E-state index in [9.17, 15) is 4.79 Å². The second-order valence-corrected chi connectivity index (χ2v) is 7.81. The van der Waals surface area contributed by atoms with Gasteiger partial charge in [0.05, 0.1) is 0 Å². The van der Waals surface area contributed by atoms with Gasteiger partial charge >= 0.3 is 0 Å². The second-order valence-electron chi connectivity index (χ2n) is 6.30. The van der Waals surface area contributed by atoms with Crippen LogP contribution in [0.4, 0.5) is 0 Å². The van der Waals surface area contributed by atoms with E-state index in [0.29, 0.717) is 12.3 Å². The molecule has 0 spiro atoms. The van der Waals surface area contributed by atoms with Crippen LogP contribution in [-0.4, -0.2) is 43.2 Å². The minimum absolute atomic E-state index is 0.218. The van der Waals surface area contributed by atoms with E-state index in [4.69, 9.17) is 11.6 Å². The van der Waals surface area contributed by atoms with Gasteiger partial charge in [0.1, 0.15) is 0 Å². The van der Waals surface area contributed by atoms with Crippen LogP contribution < -0.4 is 5.32 Å². The summed E-state index contributed by atoms with van der Waals surface area (Å²) in [6.07, 6.45) is 4.00. The third-order valence-corrected chi connectivity index (χ3v) is 5.78. The molecule has 1 aliphatic rings. The molecule has 0 bridgehead atoms. The van der Waals surface area contributed by atoms with Crippen LogP contribution in [0.25, 0.3) is 0 Å². The predicted octanol–water partition coefficient (Wildman–Crippen LogP) is 3.81. The first-order chi connectivity index (χ1) is 11.1. The quantitative estimate of drug-likeness (QED) is 0.720. The number of halogens is 1. The molecule has 1 saturated heterocycles. The molecular weight excluding hydrogens is 328 g/mol. The molecule has 5 heteroatoms. The molecule has 0 unspecified atom stereocenters. The number of nitrogens with one attached hydrogen (secondary N) is 1. The first-order valence-corrected chi connectivity index (χ1v) is 9.95. The molecule has 0 aromatic heterocycles. The summed E-state index contributed by atoms with van der Waals surface area (Å²) in [5.74, 6) is 2.76. The summed E-state index contributed by atoms with van der Waals surface area (Å²) in [4.78, 5) is 14.3. The highest BCUT2D eigenvalue weighted by Gasteiger charge is 2.19. The number of hydrogen-bond donors (Lipinski definition) is 1. The van der Waals surface area contributed by atoms with Gasteiger partial charge < -0.3 is 10.2 Å². The summed E-state index contributed by atoms with van der Waals surface area (Å²) in [6, 6.07) is 7.97. The zero-order chi connectivity index (χ0) is 16.5. The summed E-state index contributed by atoms with van der Waals surface area (Å²) in [7, 11) is 2.15. The van der Waals surface area contributed by atoms with Crippen molar-refractivity contribution >= 4 is 29.3 Å². The molecule has 0 saturated carbocycles. The van der Waals surface area contributed by atoms with Crippen molar-refractivity contribution in [1.29, 1.82) is 0 Å². The average Bonchev–Trinajstić information content (AvgIpc) is 2.54. The monoisotopic (exact) mass is 354 g/mol. The van der Waals surface area contributed by atoms with Gasteiger partial charge in [-0.15, -0.1) is 0 Å². The van der Waals surface area contributed by atoms with Gasteiger partial charge in [-0.3, -0.25) is 4.79 Å². The third-order valence-electron chi connectivity index (χ3n) is 4.32. The van der Waals surface area contributed by atoms with Crippen molar-refractivity contribution in [3.8, 4) is 0 Å². The molecule has 128 valence electrons. The number of nitrogens with zero attached hydrogens (tertiary/aromatic N) is 1. The molecule has 1 amide bonds. The molecule has 0 atom stereocenters. The van der Waals surface area contributed by atoms with E-state index in [1.165, 1.54) is 5.56 Å². The van der Waals surface area contributed by atoms with Gasteiger partial charge in [0.25, 0.3) is 0 Å². The minimum Gasteiger partial charge on any atom is -0.356 e. The van der Waals surface area contributed by atoms with Gasteiger partial charge in [-0.25, -0.2) is 0 Å². The molecule has 1 aromatic rings. The van der Waals surface area contributed by atoms with Crippen LogP contribution in [0, 0.1) is 5.92 Å². The lowest BCUT2D eigenvalue weighted by Crippen LogP contribution is -2.33. The van der Waals surface area contributed by atoms with Crippen molar-refractivity contribution in [1.82, 2.24) is 10.2 Å². The van der Waals surface area contributed by atoms with E-state index in [2.05, 4.69) is 23.3 Å². The fraction of sp³-hybridized carbons (Fsp3) is 0.611. The summed E-state index contributed by atoms with van der Waals surface area (Å²) in [5.41, 5.74) is 1.19. The number of carbonyl (C=O) groups is 1. The Hall–Kier alpha value is -0.710. The van der Waals surface area contributed by atoms with Crippen molar-refractivity contribution in [2.75, 3.05) is 32.4 Å². The average molecular weight is 355 g/mol. The summed E-state index contributed by atoms with van der Waals surface area (Å²) >= 11 is 8.00. The third kappa shape index (κ3) is 7.15.